The van der Waals surface area contributed by atoms with Gasteiger partial charge in [-0.15, -0.1) is 0 Å². The molecule has 0 saturated heterocycles. The molecule has 1 amide bonds. The lowest BCUT2D eigenvalue weighted by atomic mass is 9.92. The second-order valence-electron chi connectivity index (χ2n) is 5.79. The highest BCUT2D eigenvalue weighted by Crippen LogP contribution is 2.51. The van der Waals surface area contributed by atoms with Gasteiger partial charge < -0.3 is 9.88 Å². The maximum absolute atomic E-state index is 12.2. The smallest absolute Gasteiger partial charge is 0.243 e. The minimum absolute atomic E-state index is 0.0667. The molecular weight excluding hydrogens is 224 g/mol. The van der Waals surface area contributed by atoms with E-state index in [1.165, 1.54) is 12.8 Å². The maximum atomic E-state index is 12.2. The third-order valence-corrected chi connectivity index (χ3v) is 4.41. The fraction of sp³-hybridized carbons (Fsp3) is 0.667. The van der Waals surface area contributed by atoms with Crippen molar-refractivity contribution < 1.29 is 4.79 Å². The molecule has 0 aliphatic heterocycles. The maximum Gasteiger partial charge on any atom is 0.243 e. The molecule has 18 heavy (non-hydrogen) atoms. The molecule has 0 unspecified atom stereocenters. The molecule has 1 atom stereocenters. The average Bonchev–Trinajstić information content (AvgIpc) is 2.97. The molecule has 0 spiro atoms. The average molecular weight is 248 g/mol. The summed E-state index contributed by atoms with van der Waals surface area (Å²) in [4.78, 5) is 12.2. The van der Waals surface area contributed by atoms with Crippen molar-refractivity contribution >= 4 is 5.91 Å². The highest BCUT2D eigenvalue weighted by molar-refractivity contribution is 5.80. The lowest BCUT2D eigenvalue weighted by molar-refractivity contribution is -0.124. The number of nitrogens with one attached hydrogen (secondary N) is 1. The van der Waals surface area contributed by atoms with Crippen molar-refractivity contribution in [2.45, 2.75) is 46.1 Å². The van der Waals surface area contributed by atoms with Gasteiger partial charge in [-0.2, -0.15) is 0 Å². The fourth-order valence-corrected chi connectivity index (χ4v) is 2.59. The van der Waals surface area contributed by atoms with Crippen LogP contribution in [-0.2, 0) is 4.79 Å². The second kappa shape index (κ2) is 5.17. The topological polar surface area (TPSA) is 34.0 Å². The van der Waals surface area contributed by atoms with Gasteiger partial charge in [0.05, 0.1) is 0 Å². The summed E-state index contributed by atoms with van der Waals surface area (Å²) in [5.74, 6) is 0.810. The molecule has 1 aromatic heterocycles. The van der Waals surface area contributed by atoms with Gasteiger partial charge >= 0.3 is 0 Å². The van der Waals surface area contributed by atoms with Gasteiger partial charge in [0.1, 0.15) is 6.04 Å². The number of amides is 1. The Bertz CT molecular complexity index is 391. The quantitative estimate of drug-likeness (QED) is 0.825. The van der Waals surface area contributed by atoms with E-state index in [1.54, 1.807) is 0 Å². The van der Waals surface area contributed by atoms with Gasteiger partial charge in [0.25, 0.3) is 0 Å². The molecule has 0 radical (unpaired) electrons. The fourth-order valence-electron chi connectivity index (χ4n) is 2.59. The number of hydrogen-bond donors (Lipinski definition) is 1. The molecular formula is C15H24N2O. The summed E-state index contributed by atoms with van der Waals surface area (Å²) in [6.07, 6.45) is 7.26. The van der Waals surface area contributed by atoms with E-state index in [2.05, 4.69) is 26.1 Å². The van der Waals surface area contributed by atoms with Gasteiger partial charge in [-0.05, 0) is 42.7 Å². The number of nitrogens with zero attached hydrogens (tertiary/aromatic N) is 1. The molecule has 3 heteroatoms. The first-order valence-corrected chi connectivity index (χ1v) is 6.99. The summed E-state index contributed by atoms with van der Waals surface area (Å²) < 4.78 is 1.99. The van der Waals surface area contributed by atoms with Gasteiger partial charge in [-0.1, -0.05) is 20.8 Å². The molecule has 1 aliphatic rings. The summed E-state index contributed by atoms with van der Waals surface area (Å²) in [6, 6.07) is 3.86. The van der Waals surface area contributed by atoms with Crippen LogP contribution in [0.5, 0.6) is 0 Å². The van der Waals surface area contributed by atoms with Gasteiger partial charge in [-0.25, -0.2) is 0 Å². The molecule has 0 bridgehead atoms. The van der Waals surface area contributed by atoms with Gasteiger partial charge in [-0.3, -0.25) is 4.79 Å². The van der Waals surface area contributed by atoms with Crippen LogP contribution in [0.25, 0.3) is 0 Å². The van der Waals surface area contributed by atoms with Crippen LogP contribution in [0.1, 0.15) is 46.1 Å². The number of carbonyl (C=O) groups is 1. The Kier molecular flexibility index (Phi) is 3.79. The standard InChI is InChI=1S/C15H24N2O/c1-4-13(17-9-5-6-10-17)14(18)16-11-15(7-8-15)12(2)3/h5-6,9-10,12-13H,4,7-8,11H2,1-3H3,(H,16,18)/t13-/m1/s1. The van der Waals surface area contributed by atoms with Crippen LogP contribution in [-0.4, -0.2) is 17.0 Å². The Morgan fingerprint density at radius 2 is 1.94 bits per heavy atom. The van der Waals surface area contributed by atoms with Gasteiger partial charge in [0.2, 0.25) is 5.91 Å². The molecule has 100 valence electrons. The molecule has 1 N–H and O–H groups in total. The number of rotatable bonds is 6. The normalized spacial score (nSPS) is 18.7. The summed E-state index contributed by atoms with van der Waals surface area (Å²) >= 11 is 0. The highest BCUT2D eigenvalue weighted by atomic mass is 16.2. The first-order valence-electron chi connectivity index (χ1n) is 6.99. The number of carbonyl (C=O) groups excluding carboxylic acids is 1. The summed E-state index contributed by atoms with van der Waals surface area (Å²) in [5.41, 5.74) is 0.380. The van der Waals surface area contributed by atoms with E-state index < -0.39 is 0 Å². The van der Waals surface area contributed by atoms with Crippen LogP contribution in [0.4, 0.5) is 0 Å². The lowest BCUT2D eigenvalue weighted by Crippen LogP contribution is -2.37. The van der Waals surface area contributed by atoms with Crippen molar-refractivity contribution in [3.8, 4) is 0 Å². The number of hydrogen-bond acceptors (Lipinski definition) is 1. The van der Waals surface area contributed by atoms with E-state index in [9.17, 15) is 4.79 Å². The van der Waals surface area contributed by atoms with E-state index in [0.29, 0.717) is 11.3 Å². The third-order valence-electron chi connectivity index (χ3n) is 4.41. The monoisotopic (exact) mass is 248 g/mol. The second-order valence-corrected chi connectivity index (χ2v) is 5.79. The van der Waals surface area contributed by atoms with E-state index in [1.807, 2.05) is 29.1 Å². The van der Waals surface area contributed by atoms with E-state index in [4.69, 9.17) is 0 Å². The van der Waals surface area contributed by atoms with Crippen LogP contribution in [0, 0.1) is 11.3 Å². The molecule has 0 aromatic carbocycles. The van der Waals surface area contributed by atoms with Crippen LogP contribution >= 0.6 is 0 Å². The van der Waals surface area contributed by atoms with Crippen LogP contribution in [0.2, 0.25) is 0 Å². The van der Waals surface area contributed by atoms with Crippen molar-refractivity contribution in [3.05, 3.63) is 24.5 Å². The molecule has 2 rings (SSSR count). The first kappa shape index (κ1) is 13.2. The largest absolute Gasteiger partial charge is 0.354 e. The predicted molar refractivity (Wildman–Crippen MR) is 73.3 cm³/mol. The SMILES string of the molecule is CC[C@H](C(=O)NCC1(C(C)C)CC1)n1cccc1. The summed E-state index contributed by atoms with van der Waals surface area (Å²) in [7, 11) is 0. The predicted octanol–water partition coefficient (Wildman–Crippen LogP) is 2.99. The van der Waals surface area contributed by atoms with Gasteiger partial charge in [0, 0.05) is 18.9 Å². The molecule has 1 fully saturated rings. The zero-order valence-corrected chi connectivity index (χ0v) is 11.6. The first-order chi connectivity index (χ1) is 8.59. The van der Waals surface area contributed by atoms with Gasteiger partial charge in [0.15, 0.2) is 0 Å². The Balaban J connectivity index is 1.91. The van der Waals surface area contributed by atoms with E-state index in [-0.39, 0.29) is 11.9 Å². The van der Waals surface area contributed by atoms with Crippen molar-refractivity contribution in [1.29, 1.82) is 0 Å². The van der Waals surface area contributed by atoms with Crippen molar-refractivity contribution in [1.82, 2.24) is 9.88 Å². The Morgan fingerprint density at radius 3 is 2.39 bits per heavy atom. The van der Waals surface area contributed by atoms with Crippen LogP contribution < -0.4 is 5.32 Å². The van der Waals surface area contributed by atoms with E-state index >= 15 is 0 Å². The highest BCUT2D eigenvalue weighted by Gasteiger charge is 2.45. The Hall–Kier alpha value is -1.25. The molecule has 1 aliphatic carbocycles. The Labute approximate surface area is 110 Å². The van der Waals surface area contributed by atoms with Crippen LogP contribution in [0.3, 0.4) is 0 Å². The minimum Gasteiger partial charge on any atom is -0.354 e. The van der Waals surface area contributed by atoms with Crippen molar-refractivity contribution in [3.63, 3.8) is 0 Å². The lowest BCUT2D eigenvalue weighted by Gasteiger charge is -2.23. The Morgan fingerprint density at radius 1 is 1.33 bits per heavy atom. The zero-order chi connectivity index (χ0) is 13.2. The third kappa shape index (κ3) is 2.60. The molecule has 1 heterocycles. The molecule has 1 saturated carbocycles. The van der Waals surface area contributed by atoms with Crippen LogP contribution in [0.15, 0.2) is 24.5 Å². The zero-order valence-electron chi connectivity index (χ0n) is 11.6. The van der Waals surface area contributed by atoms with E-state index in [0.717, 1.165) is 13.0 Å². The minimum atomic E-state index is -0.0667. The molecule has 3 nitrogen and oxygen atoms in total. The molecule has 1 aromatic rings. The summed E-state index contributed by atoms with van der Waals surface area (Å²) in [6.45, 7) is 7.39. The number of aromatic nitrogens is 1. The van der Waals surface area contributed by atoms with Crippen molar-refractivity contribution in [2.24, 2.45) is 11.3 Å². The van der Waals surface area contributed by atoms with Crippen molar-refractivity contribution in [2.75, 3.05) is 6.54 Å². The summed E-state index contributed by atoms with van der Waals surface area (Å²) in [5, 5.41) is 3.15.